The first kappa shape index (κ1) is 22.5. The van der Waals surface area contributed by atoms with Crippen LogP contribution in [0.4, 0.5) is 5.69 Å². The number of rotatable bonds is 9. The van der Waals surface area contributed by atoms with Crippen LogP contribution in [-0.2, 0) is 19.4 Å². The number of nitrogens with one attached hydrogen (secondary N) is 1. The van der Waals surface area contributed by atoms with Crippen LogP contribution >= 0.6 is 0 Å². The van der Waals surface area contributed by atoms with Crippen molar-refractivity contribution >= 4 is 11.3 Å². The zero-order chi connectivity index (χ0) is 23.4. The van der Waals surface area contributed by atoms with E-state index in [0.717, 1.165) is 54.0 Å². The van der Waals surface area contributed by atoms with Gasteiger partial charge in [-0.15, -0.1) is 0 Å². The van der Waals surface area contributed by atoms with Crippen LogP contribution in [0.3, 0.4) is 0 Å². The fourth-order valence-electron chi connectivity index (χ4n) is 4.05. The maximum absolute atomic E-state index is 9.51. The van der Waals surface area contributed by atoms with Crippen molar-refractivity contribution < 1.29 is 0 Å². The van der Waals surface area contributed by atoms with Crippen molar-refractivity contribution in [3.63, 3.8) is 0 Å². The van der Waals surface area contributed by atoms with Gasteiger partial charge in [-0.05, 0) is 51.3 Å². The number of nitriles is 1. The van der Waals surface area contributed by atoms with Gasteiger partial charge in [-0.3, -0.25) is 4.68 Å². The van der Waals surface area contributed by atoms with Gasteiger partial charge in [-0.1, -0.05) is 31.0 Å². The highest BCUT2D eigenvalue weighted by atomic mass is 15.3. The molecular formula is C26H31N7. The van der Waals surface area contributed by atoms with Crippen LogP contribution in [0.25, 0.3) is 16.9 Å². The highest BCUT2D eigenvalue weighted by molar-refractivity contribution is 5.77. The molecule has 0 saturated heterocycles. The van der Waals surface area contributed by atoms with Crippen LogP contribution in [0.2, 0.25) is 0 Å². The summed E-state index contributed by atoms with van der Waals surface area (Å²) in [7, 11) is 0. The Hall–Kier alpha value is -3.66. The van der Waals surface area contributed by atoms with Gasteiger partial charge < -0.3 is 5.32 Å². The van der Waals surface area contributed by atoms with Gasteiger partial charge in [0, 0.05) is 36.3 Å². The van der Waals surface area contributed by atoms with E-state index in [4.69, 9.17) is 5.10 Å². The van der Waals surface area contributed by atoms with Crippen molar-refractivity contribution in [2.75, 3.05) is 11.9 Å². The molecule has 170 valence electrons. The Balaban J connectivity index is 1.64. The van der Waals surface area contributed by atoms with Crippen molar-refractivity contribution in [1.82, 2.24) is 24.4 Å². The molecule has 1 aromatic carbocycles. The molecule has 0 aliphatic heterocycles. The summed E-state index contributed by atoms with van der Waals surface area (Å²) in [5.41, 5.74) is 7.07. The largest absolute Gasteiger partial charge is 0.382 e. The zero-order valence-corrected chi connectivity index (χ0v) is 19.8. The quantitative estimate of drug-likeness (QED) is 0.393. The molecule has 33 heavy (non-hydrogen) atoms. The second-order valence-electron chi connectivity index (χ2n) is 9.23. The predicted molar refractivity (Wildman–Crippen MR) is 131 cm³/mol. The van der Waals surface area contributed by atoms with Gasteiger partial charge >= 0.3 is 0 Å². The first-order chi connectivity index (χ1) is 15.9. The molecule has 0 bridgehead atoms. The van der Waals surface area contributed by atoms with Crippen LogP contribution in [0.15, 0.2) is 49.1 Å². The summed E-state index contributed by atoms with van der Waals surface area (Å²) in [6.45, 7) is 9.45. The molecule has 0 saturated carbocycles. The average Bonchev–Trinajstić information content (AvgIpc) is 3.39. The molecular weight excluding hydrogens is 410 g/mol. The van der Waals surface area contributed by atoms with Crippen LogP contribution in [-0.4, -0.2) is 30.9 Å². The Morgan fingerprint density at radius 2 is 2.03 bits per heavy atom. The maximum atomic E-state index is 9.51. The van der Waals surface area contributed by atoms with Crippen molar-refractivity contribution in [1.29, 1.82) is 5.26 Å². The van der Waals surface area contributed by atoms with Crippen molar-refractivity contribution in [3.8, 4) is 17.3 Å². The Morgan fingerprint density at radius 3 is 2.82 bits per heavy atom. The van der Waals surface area contributed by atoms with Gasteiger partial charge in [-0.25, -0.2) is 9.50 Å². The van der Waals surface area contributed by atoms with Crippen LogP contribution in [0, 0.1) is 23.7 Å². The monoisotopic (exact) mass is 441 g/mol. The molecule has 3 heterocycles. The fourth-order valence-corrected chi connectivity index (χ4v) is 4.05. The number of anilines is 1. The molecule has 1 N–H and O–H groups in total. The lowest BCUT2D eigenvalue weighted by atomic mass is 9.96. The summed E-state index contributed by atoms with van der Waals surface area (Å²) < 4.78 is 3.70. The number of aryl methyl sites for hydroxylation is 2. The van der Waals surface area contributed by atoms with E-state index in [-0.39, 0.29) is 0 Å². The minimum absolute atomic E-state index is 0.498. The number of benzene rings is 1. The van der Waals surface area contributed by atoms with Crippen molar-refractivity contribution in [2.45, 2.75) is 53.5 Å². The molecule has 0 unspecified atom stereocenters. The Bertz CT molecular complexity index is 1290. The molecule has 3 aromatic heterocycles. The smallest absolute Gasteiger partial charge is 0.158 e. The minimum Gasteiger partial charge on any atom is -0.382 e. The Labute approximate surface area is 195 Å². The highest BCUT2D eigenvalue weighted by Crippen LogP contribution is 2.32. The summed E-state index contributed by atoms with van der Waals surface area (Å²) in [6.07, 6.45) is 10.5. The standard InChI is InChI=1S/C26H31N7/c1-5-7-20-9-8-19(2)14-22(20)24-23(16-32(31-24)18-26(3,4)17-27)28-12-10-21-15-30-33-13-6-11-29-25(21)33/h6,8-9,11,13-16,28H,5,7,10,12,18H2,1-4H3. The second kappa shape index (κ2) is 9.45. The lowest BCUT2D eigenvalue weighted by Gasteiger charge is -2.14. The van der Waals surface area contributed by atoms with Gasteiger partial charge in [0.25, 0.3) is 0 Å². The van der Waals surface area contributed by atoms with E-state index in [0.29, 0.717) is 6.54 Å². The van der Waals surface area contributed by atoms with E-state index in [1.165, 1.54) is 11.1 Å². The fraction of sp³-hybridized carbons (Fsp3) is 0.385. The number of hydrogen-bond acceptors (Lipinski definition) is 5. The molecule has 0 aliphatic rings. The van der Waals surface area contributed by atoms with Gasteiger partial charge in [0.15, 0.2) is 5.65 Å². The SMILES string of the molecule is CCCc1ccc(C)cc1-c1nn(CC(C)(C)C#N)cc1NCCc1cnn2cccnc12. The summed E-state index contributed by atoms with van der Waals surface area (Å²) in [5.74, 6) is 0. The van der Waals surface area contributed by atoms with E-state index in [9.17, 15) is 5.26 Å². The van der Waals surface area contributed by atoms with E-state index >= 15 is 0 Å². The maximum Gasteiger partial charge on any atom is 0.158 e. The van der Waals surface area contributed by atoms with Gasteiger partial charge in [-0.2, -0.15) is 15.5 Å². The average molecular weight is 442 g/mol. The lowest BCUT2D eigenvalue weighted by molar-refractivity contribution is 0.385. The van der Waals surface area contributed by atoms with Crippen LogP contribution < -0.4 is 5.32 Å². The summed E-state index contributed by atoms with van der Waals surface area (Å²) in [6, 6.07) is 10.8. The number of aromatic nitrogens is 5. The van der Waals surface area contributed by atoms with Crippen molar-refractivity contribution in [2.24, 2.45) is 5.41 Å². The highest BCUT2D eigenvalue weighted by Gasteiger charge is 2.21. The lowest BCUT2D eigenvalue weighted by Crippen LogP contribution is -2.17. The zero-order valence-electron chi connectivity index (χ0n) is 19.8. The normalized spacial score (nSPS) is 11.6. The second-order valence-corrected chi connectivity index (χ2v) is 9.23. The molecule has 0 atom stereocenters. The van der Waals surface area contributed by atoms with Gasteiger partial charge in [0.05, 0.1) is 29.9 Å². The van der Waals surface area contributed by atoms with E-state index < -0.39 is 5.41 Å². The number of fused-ring (bicyclic) bond motifs is 1. The molecule has 0 aliphatic carbocycles. The molecule has 0 amide bonds. The molecule has 0 fully saturated rings. The Morgan fingerprint density at radius 1 is 1.18 bits per heavy atom. The third kappa shape index (κ3) is 5.06. The van der Waals surface area contributed by atoms with Crippen LogP contribution in [0.5, 0.6) is 0 Å². The number of nitrogens with zero attached hydrogens (tertiary/aromatic N) is 6. The third-order valence-electron chi connectivity index (χ3n) is 5.72. The molecule has 7 nitrogen and oxygen atoms in total. The van der Waals surface area contributed by atoms with Gasteiger partial charge in [0.2, 0.25) is 0 Å². The summed E-state index contributed by atoms with van der Waals surface area (Å²) in [4.78, 5) is 4.45. The molecule has 0 radical (unpaired) electrons. The molecule has 7 heteroatoms. The van der Waals surface area contributed by atoms with Crippen LogP contribution in [0.1, 0.15) is 43.9 Å². The first-order valence-corrected chi connectivity index (χ1v) is 11.5. The van der Waals surface area contributed by atoms with E-state index in [2.05, 4.69) is 53.5 Å². The molecule has 4 rings (SSSR count). The number of hydrogen-bond donors (Lipinski definition) is 1. The Kier molecular flexibility index (Phi) is 6.45. The third-order valence-corrected chi connectivity index (χ3v) is 5.72. The van der Waals surface area contributed by atoms with E-state index in [1.54, 1.807) is 10.7 Å². The predicted octanol–water partition coefficient (Wildman–Crippen LogP) is 5.06. The molecule has 0 spiro atoms. The van der Waals surface area contributed by atoms with Crippen molar-refractivity contribution in [3.05, 3.63) is 65.7 Å². The summed E-state index contributed by atoms with van der Waals surface area (Å²) >= 11 is 0. The topological polar surface area (TPSA) is 83.8 Å². The minimum atomic E-state index is -0.498. The van der Waals surface area contributed by atoms with E-state index in [1.807, 2.05) is 43.2 Å². The summed E-state index contributed by atoms with van der Waals surface area (Å²) in [5, 5.41) is 22.4. The molecule has 4 aromatic rings. The van der Waals surface area contributed by atoms with Gasteiger partial charge in [0.1, 0.15) is 5.69 Å². The first-order valence-electron chi connectivity index (χ1n) is 11.5.